The number of fused-ring (bicyclic) bond motifs is 2. The molecule has 0 radical (unpaired) electrons. The van der Waals surface area contributed by atoms with Crippen LogP contribution in [0, 0.1) is 6.92 Å². The Morgan fingerprint density at radius 1 is 1.15 bits per heavy atom. The molecule has 1 aromatic carbocycles. The number of hydrogen-bond acceptors (Lipinski definition) is 5. The molecule has 2 aromatic rings. The molecule has 3 heterocycles. The van der Waals surface area contributed by atoms with Crippen LogP contribution in [0.15, 0.2) is 18.3 Å². The maximum absolute atomic E-state index is 6.39. The van der Waals surface area contributed by atoms with Crippen LogP contribution in [-0.2, 0) is 30.4 Å². The summed E-state index contributed by atoms with van der Waals surface area (Å²) in [5.74, 6) is 2.65. The highest BCUT2D eigenvalue weighted by Crippen LogP contribution is 2.45. The second-order valence-corrected chi connectivity index (χ2v) is 7.59. The van der Waals surface area contributed by atoms with Gasteiger partial charge in [0.25, 0.3) is 0 Å². The smallest absolute Gasteiger partial charge is 0.161 e. The minimum atomic E-state index is -0.202. The number of benzene rings is 1. The number of methoxy groups -OCH3 is 2. The molecule has 0 aliphatic carbocycles. The van der Waals surface area contributed by atoms with E-state index in [-0.39, 0.29) is 5.60 Å². The molecule has 0 bridgehead atoms. The van der Waals surface area contributed by atoms with Gasteiger partial charge in [-0.2, -0.15) is 0 Å². The van der Waals surface area contributed by atoms with E-state index in [4.69, 9.17) is 14.2 Å². The lowest BCUT2D eigenvalue weighted by Crippen LogP contribution is -2.46. The molecule has 0 saturated carbocycles. The fourth-order valence-corrected chi connectivity index (χ4v) is 4.40. The zero-order chi connectivity index (χ0) is 19.0. The number of rotatable bonds is 4. The van der Waals surface area contributed by atoms with Gasteiger partial charge in [-0.15, -0.1) is 0 Å². The number of piperidine rings is 1. The predicted octanol–water partition coefficient (Wildman–Crippen LogP) is 2.81. The summed E-state index contributed by atoms with van der Waals surface area (Å²) >= 11 is 0. The van der Waals surface area contributed by atoms with Gasteiger partial charge in [-0.3, -0.25) is 4.90 Å². The van der Waals surface area contributed by atoms with Gasteiger partial charge in [-0.25, -0.2) is 4.98 Å². The van der Waals surface area contributed by atoms with Gasteiger partial charge in [0.15, 0.2) is 11.5 Å². The van der Waals surface area contributed by atoms with Crippen LogP contribution >= 0.6 is 0 Å². The molecule has 6 heteroatoms. The Hall–Kier alpha value is -2.05. The molecule has 6 nitrogen and oxygen atoms in total. The van der Waals surface area contributed by atoms with Gasteiger partial charge in [-0.05, 0) is 49.4 Å². The lowest BCUT2D eigenvalue weighted by Gasteiger charge is -2.45. The van der Waals surface area contributed by atoms with Crippen molar-refractivity contribution in [1.29, 1.82) is 0 Å². The van der Waals surface area contributed by atoms with Gasteiger partial charge in [0, 0.05) is 32.9 Å². The molecule has 0 atom stereocenters. The Bertz CT molecular complexity index is 822. The first-order chi connectivity index (χ1) is 13.1. The quantitative estimate of drug-likeness (QED) is 0.827. The van der Waals surface area contributed by atoms with E-state index in [1.54, 1.807) is 14.2 Å². The number of ether oxygens (including phenoxy) is 3. The number of aryl methyl sites for hydroxylation is 1. The van der Waals surface area contributed by atoms with E-state index >= 15 is 0 Å². The molecule has 0 N–H and O–H groups in total. The van der Waals surface area contributed by atoms with Crippen LogP contribution in [0.4, 0.5) is 0 Å². The molecule has 1 fully saturated rings. The Balaban J connectivity index is 1.54. The van der Waals surface area contributed by atoms with Crippen LogP contribution in [0.5, 0.6) is 11.5 Å². The van der Waals surface area contributed by atoms with Gasteiger partial charge in [0.1, 0.15) is 5.82 Å². The summed E-state index contributed by atoms with van der Waals surface area (Å²) in [5, 5.41) is 0. The van der Waals surface area contributed by atoms with Crippen LogP contribution in [0.3, 0.4) is 0 Å². The molecule has 0 unspecified atom stereocenters. The first kappa shape index (κ1) is 18.3. The molecule has 1 spiro atoms. The average Bonchev–Trinajstić information content (AvgIpc) is 3.01. The van der Waals surface area contributed by atoms with Crippen LogP contribution in [0.25, 0.3) is 0 Å². The number of hydrogen-bond donors (Lipinski definition) is 0. The van der Waals surface area contributed by atoms with Crippen molar-refractivity contribution in [1.82, 2.24) is 14.5 Å². The summed E-state index contributed by atoms with van der Waals surface area (Å²) in [4.78, 5) is 6.92. The molecule has 1 saturated heterocycles. The molecule has 1 aromatic heterocycles. The minimum Gasteiger partial charge on any atom is -0.493 e. The van der Waals surface area contributed by atoms with E-state index in [2.05, 4.69) is 33.6 Å². The van der Waals surface area contributed by atoms with Crippen molar-refractivity contribution in [2.24, 2.45) is 7.05 Å². The van der Waals surface area contributed by atoms with Gasteiger partial charge in [-0.1, -0.05) is 0 Å². The lowest BCUT2D eigenvalue weighted by atomic mass is 9.79. The lowest BCUT2D eigenvalue weighted by molar-refractivity contribution is -0.0992. The van der Waals surface area contributed by atoms with Crippen molar-refractivity contribution in [2.75, 3.05) is 33.9 Å². The first-order valence-corrected chi connectivity index (χ1v) is 9.65. The van der Waals surface area contributed by atoms with Gasteiger partial charge < -0.3 is 18.8 Å². The van der Waals surface area contributed by atoms with Gasteiger partial charge in [0.05, 0.1) is 32.1 Å². The van der Waals surface area contributed by atoms with E-state index in [9.17, 15) is 0 Å². The highest BCUT2D eigenvalue weighted by Gasteiger charge is 2.41. The fraction of sp³-hybridized carbons (Fsp3) is 0.571. The Morgan fingerprint density at radius 2 is 1.85 bits per heavy atom. The van der Waals surface area contributed by atoms with Gasteiger partial charge >= 0.3 is 0 Å². The van der Waals surface area contributed by atoms with E-state index in [1.165, 1.54) is 16.8 Å². The molecular formula is C21H29N3O3. The van der Waals surface area contributed by atoms with E-state index < -0.39 is 0 Å². The normalized spacial score (nSPS) is 19.1. The monoisotopic (exact) mass is 371 g/mol. The fourth-order valence-electron chi connectivity index (χ4n) is 4.40. The molecule has 2 aliphatic heterocycles. The Kier molecular flexibility index (Phi) is 4.86. The third kappa shape index (κ3) is 3.21. The van der Waals surface area contributed by atoms with E-state index in [1.807, 2.05) is 13.1 Å². The Morgan fingerprint density at radius 3 is 2.48 bits per heavy atom. The molecular weight excluding hydrogens is 342 g/mol. The highest BCUT2D eigenvalue weighted by molar-refractivity contribution is 5.50. The molecule has 2 aliphatic rings. The minimum absolute atomic E-state index is 0.202. The van der Waals surface area contributed by atoms with Crippen molar-refractivity contribution in [3.05, 3.63) is 41.0 Å². The van der Waals surface area contributed by atoms with Crippen molar-refractivity contribution < 1.29 is 14.2 Å². The molecule has 0 amide bonds. The molecule has 4 rings (SSSR count). The van der Waals surface area contributed by atoms with Crippen LogP contribution in [0.1, 0.15) is 35.5 Å². The summed E-state index contributed by atoms with van der Waals surface area (Å²) in [7, 11) is 5.47. The number of likely N-dealkylation sites (tertiary alicyclic amines) is 1. The topological polar surface area (TPSA) is 48.8 Å². The van der Waals surface area contributed by atoms with Crippen molar-refractivity contribution in [3.8, 4) is 11.5 Å². The van der Waals surface area contributed by atoms with Crippen LogP contribution < -0.4 is 9.47 Å². The molecule has 27 heavy (non-hydrogen) atoms. The maximum atomic E-state index is 6.39. The standard InChI is InChI=1S/C21H29N3O3/c1-15-22-13-17(23(15)2)14-24-8-6-21(7-9-24)18-12-20(26-4)19(25-3)11-16(18)5-10-27-21/h11-13H,5-10,14H2,1-4H3. The summed E-state index contributed by atoms with van der Waals surface area (Å²) in [6.45, 7) is 5.77. The first-order valence-electron chi connectivity index (χ1n) is 9.65. The third-order valence-corrected chi connectivity index (χ3v) is 6.22. The summed E-state index contributed by atoms with van der Waals surface area (Å²) in [6, 6.07) is 4.26. The molecule has 146 valence electrons. The van der Waals surface area contributed by atoms with Gasteiger partial charge in [0.2, 0.25) is 0 Å². The highest BCUT2D eigenvalue weighted by atomic mass is 16.5. The number of imidazole rings is 1. The second-order valence-electron chi connectivity index (χ2n) is 7.59. The average molecular weight is 371 g/mol. The summed E-state index contributed by atoms with van der Waals surface area (Å²) in [6.07, 6.45) is 4.90. The zero-order valence-corrected chi connectivity index (χ0v) is 16.7. The number of nitrogens with zero attached hydrogens (tertiary/aromatic N) is 3. The zero-order valence-electron chi connectivity index (χ0n) is 16.7. The predicted molar refractivity (Wildman–Crippen MR) is 103 cm³/mol. The van der Waals surface area contributed by atoms with Crippen molar-refractivity contribution in [2.45, 2.75) is 38.3 Å². The van der Waals surface area contributed by atoms with Crippen molar-refractivity contribution in [3.63, 3.8) is 0 Å². The SMILES string of the molecule is COc1cc2c(cc1OC)C1(CCN(Cc3cnc(C)n3C)CC1)OCC2. The maximum Gasteiger partial charge on any atom is 0.161 e. The number of aromatic nitrogens is 2. The van der Waals surface area contributed by atoms with E-state index in [0.29, 0.717) is 0 Å². The second kappa shape index (κ2) is 7.17. The summed E-state index contributed by atoms with van der Waals surface area (Å²) < 4.78 is 19.6. The Labute approximate surface area is 161 Å². The van der Waals surface area contributed by atoms with Crippen LogP contribution in [0.2, 0.25) is 0 Å². The van der Waals surface area contributed by atoms with Crippen molar-refractivity contribution >= 4 is 0 Å². The summed E-state index contributed by atoms with van der Waals surface area (Å²) in [5.41, 5.74) is 3.67. The van der Waals surface area contributed by atoms with E-state index in [0.717, 1.165) is 62.8 Å². The largest absolute Gasteiger partial charge is 0.493 e. The van der Waals surface area contributed by atoms with Crippen LogP contribution in [-0.4, -0.2) is 48.4 Å². The third-order valence-electron chi connectivity index (χ3n) is 6.22.